The highest BCUT2D eigenvalue weighted by molar-refractivity contribution is 8.01. The fraction of sp³-hybridized carbons (Fsp3) is 0.444. The van der Waals surface area contributed by atoms with E-state index in [0.717, 1.165) is 29.0 Å². The average Bonchev–Trinajstić information content (AvgIpc) is 3.38. The smallest absolute Gasteiger partial charge is 0.284 e. The predicted molar refractivity (Wildman–Crippen MR) is 105 cm³/mol. The van der Waals surface area contributed by atoms with Gasteiger partial charge in [0.1, 0.15) is 0 Å². The third-order valence-electron chi connectivity index (χ3n) is 4.01. The zero-order chi connectivity index (χ0) is 19.2. The molecule has 1 aliphatic rings. The second-order valence-corrected chi connectivity index (χ2v) is 8.57. The molecular weight excluding hydrogens is 386 g/mol. The second-order valence-electron chi connectivity index (χ2n) is 6.42. The number of rotatable bonds is 10. The monoisotopic (exact) mass is 407 g/mol. The standard InChI is InChI=1S/C18H21N3O4S2/c1-12-11-26-18(20-12)27-16-6-5-14(9-15(16)21(23)24)17(22)19-7-2-8-25-10-13-3-4-13/h5-6,9,11,13H,2-4,7-8,10H2,1H3,(H,19,22). The number of nitro benzene ring substituents is 1. The van der Waals surface area contributed by atoms with Gasteiger partial charge in [-0.25, -0.2) is 4.98 Å². The van der Waals surface area contributed by atoms with Gasteiger partial charge < -0.3 is 10.1 Å². The van der Waals surface area contributed by atoms with Crippen molar-refractivity contribution in [1.82, 2.24) is 10.3 Å². The Balaban J connectivity index is 1.55. The van der Waals surface area contributed by atoms with Crippen LogP contribution in [0.25, 0.3) is 0 Å². The van der Waals surface area contributed by atoms with Crippen molar-refractivity contribution in [2.75, 3.05) is 19.8 Å². The number of thiazole rings is 1. The summed E-state index contributed by atoms with van der Waals surface area (Å²) in [5.74, 6) is 0.409. The SMILES string of the molecule is Cc1csc(Sc2ccc(C(=O)NCCCOCC3CC3)cc2[N+](=O)[O-])n1. The van der Waals surface area contributed by atoms with Crippen LogP contribution in [0.15, 0.2) is 32.8 Å². The normalized spacial score (nSPS) is 13.5. The van der Waals surface area contributed by atoms with Crippen molar-refractivity contribution in [3.8, 4) is 0 Å². The molecule has 1 heterocycles. The van der Waals surface area contributed by atoms with Crippen LogP contribution in [0.1, 0.15) is 35.3 Å². The topological polar surface area (TPSA) is 94.4 Å². The van der Waals surface area contributed by atoms with Crippen LogP contribution in [0.5, 0.6) is 0 Å². The van der Waals surface area contributed by atoms with Gasteiger partial charge >= 0.3 is 0 Å². The summed E-state index contributed by atoms with van der Waals surface area (Å²) in [6.45, 7) is 3.77. The van der Waals surface area contributed by atoms with E-state index in [1.807, 2.05) is 12.3 Å². The van der Waals surface area contributed by atoms with Crippen molar-refractivity contribution in [3.05, 3.63) is 45.0 Å². The van der Waals surface area contributed by atoms with Gasteiger partial charge in [0.15, 0.2) is 4.34 Å². The highest BCUT2D eigenvalue weighted by atomic mass is 32.2. The number of ether oxygens (including phenoxy) is 1. The lowest BCUT2D eigenvalue weighted by Crippen LogP contribution is -2.25. The number of hydrogen-bond donors (Lipinski definition) is 1. The fourth-order valence-electron chi connectivity index (χ4n) is 2.37. The molecule has 27 heavy (non-hydrogen) atoms. The van der Waals surface area contributed by atoms with E-state index in [0.29, 0.717) is 18.0 Å². The minimum Gasteiger partial charge on any atom is -0.381 e. The number of benzene rings is 1. The predicted octanol–water partition coefficient (Wildman–Crippen LogP) is 4.06. The number of aryl methyl sites for hydroxylation is 1. The maximum Gasteiger partial charge on any atom is 0.284 e. The molecule has 0 unspecified atom stereocenters. The van der Waals surface area contributed by atoms with Gasteiger partial charge in [-0.2, -0.15) is 0 Å². The number of carbonyl (C=O) groups excluding carboxylic acids is 1. The molecule has 1 saturated carbocycles. The van der Waals surface area contributed by atoms with Crippen molar-refractivity contribution in [2.24, 2.45) is 5.92 Å². The molecule has 7 nitrogen and oxygen atoms in total. The molecular formula is C18H21N3O4S2. The Morgan fingerprint density at radius 1 is 1.48 bits per heavy atom. The van der Waals surface area contributed by atoms with Gasteiger partial charge in [0.25, 0.3) is 11.6 Å². The quantitative estimate of drug-likeness (QED) is 0.363. The largest absolute Gasteiger partial charge is 0.381 e. The summed E-state index contributed by atoms with van der Waals surface area (Å²) in [5, 5.41) is 16.1. The summed E-state index contributed by atoms with van der Waals surface area (Å²) in [7, 11) is 0. The van der Waals surface area contributed by atoms with Crippen molar-refractivity contribution >= 4 is 34.7 Å². The van der Waals surface area contributed by atoms with E-state index < -0.39 is 4.92 Å². The van der Waals surface area contributed by atoms with Crippen LogP contribution in [0.4, 0.5) is 5.69 Å². The van der Waals surface area contributed by atoms with E-state index in [-0.39, 0.29) is 17.2 Å². The van der Waals surface area contributed by atoms with E-state index in [2.05, 4.69) is 10.3 Å². The molecule has 0 saturated heterocycles. The zero-order valence-corrected chi connectivity index (χ0v) is 16.6. The Bertz CT molecular complexity index is 821. The van der Waals surface area contributed by atoms with Gasteiger partial charge in [-0.3, -0.25) is 14.9 Å². The summed E-state index contributed by atoms with van der Waals surface area (Å²) in [6, 6.07) is 4.53. The number of nitro groups is 1. The molecule has 1 amide bonds. The first-order valence-corrected chi connectivity index (χ1v) is 10.5. The zero-order valence-electron chi connectivity index (χ0n) is 15.0. The highest BCUT2D eigenvalue weighted by Gasteiger charge is 2.21. The first kappa shape index (κ1) is 19.8. The molecule has 2 aromatic rings. The molecule has 1 aromatic heterocycles. The number of aromatic nitrogens is 1. The maximum absolute atomic E-state index is 12.3. The molecule has 1 N–H and O–H groups in total. The van der Waals surface area contributed by atoms with Crippen LogP contribution in [0.3, 0.4) is 0 Å². The first-order chi connectivity index (χ1) is 13.0. The van der Waals surface area contributed by atoms with E-state index in [4.69, 9.17) is 4.74 Å². The Labute approximate surface area is 165 Å². The minimum absolute atomic E-state index is 0.0896. The Morgan fingerprint density at radius 3 is 2.96 bits per heavy atom. The summed E-state index contributed by atoms with van der Waals surface area (Å²) in [4.78, 5) is 28.0. The second kappa shape index (κ2) is 9.29. The molecule has 0 spiro atoms. The van der Waals surface area contributed by atoms with Crippen LogP contribution < -0.4 is 5.32 Å². The van der Waals surface area contributed by atoms with Gasteiger partial charge in [-0.1, -0.05) is 11.8 Å². The van der Waals surface area contributed by atoms with Crippen molar-refractivity contribution in [3.63, 3.8) is 0 Å². The van der Waals surface area contributed by atoms with Crippen LogP contribution in [-0.4, -0.2) is 35.6 Å². The van der Waals surface area contributed by atoms with Gasteiger partial charge in [-0.15, -0.1) is 11.3 Å². The van der Waals surface area contributed by atoms with Crippen LogP contribution in [0.2, 0.25) is 0 Å². The van der Waals surface area contributed by atoms with E-state index >= 15 is 0 Å². The molecule has 1 fully saturated rings. The van der Waals surface area contributed by atoms with E-state index in [9.17, 15) is 14.9 Å². The summed E-state index contributed by atoms with van der Waals surface area (Å²) >= 11 is 2.67. The number of amides is 1. The van der Waals surface area contributed by atoms with E-state index in [1.165, 1.54) is 42.0 Å². The Morgan fingerprint density at radius 2 is 2.30 bits per heavy atom. The lowest BCUT2D eigenvalue weighted by molar-refractivity contribution is -0.387. The summed E-state index contributed by atoms with van der Waals surface area (Å²) < 4.78 is 6.26. The molecule has 0 radical (unpaired) electrons. The number of carbonyl (C=O) groups is 1. The molecule has 0 aliphatic heterocycles. The van der Waals surface area contributed by atoms with Gasteiger partial charge in [-0.05, 0) is 44.2 Å². The Hall–Kier alpha value is -1.97. The molecule has 1 aliphatic carbocycles. The third-order valence-corrected chi connectivity index (χ3v) is 6.14. The summed E-state index contributed by atoms with van der Waals surface area (Å²) in [5.41, 5.74) is 1.07. The third kappa shape index (κ3) is 6.02. The van der Waals surface area contributed by atoms with Crippen molar-refractivity contribution < 1.29 is 14.5 Å². The van der Waals surface area contributed by atoms with Crippen LogP contribution in [0, 0.1) is 23.0 Å². The highest BCUT2D eigenvalue weighted by Crippen LogP contribution is 2.36. The van der Waals surface area contributed by atoms with Gasteiger partial charge in [0.2, 0.25) is 0 Å². The van der Waals surface area contributed by atoms with Crippen LogP contribution >= 0.6 is 23.1 Å². The number of nitrogens with one attached hydrogen (secondary N) is 1. The molecule has 9 heteroatoms. The van der Waals surface area contributed by atoms with Crippen molar-refractivity contribution in [2.45, 2.75) is 35.4 Å². The molecule has 1 aromatic carbocycles. The molecule has 3 rings (SSSR count). The number of nitrogens with zero attached hydrogens (tertiary/aromatic N) is 2. The number of hydrogen-bond acceptors (Lipinski definition) is 7. The van der Waals surface area contributed by atoms with Crippen molar-refractivity contribution in [1.29, 1.82) is 0 Å². The molecule has 144 valence electrons. The molecule has 0 bridgehead atoms. The Kier molecular flexibility index (Phi) is 6.81. The lowest BCUT2D eigenvalue weighted by Gasteiger charge is -2.07. The van der Waals surface area contributed by atoms with E-state index in [1.54, 1.807) is 12.1 Å². The minimum atomic E-state index is -0.467. The lowest BCUT2D eigenvalue weighted by atomic mass is 10.2. The average molecular weight is 408 g/mol. The maximum atomic E-state index is 12.3. The van der Waals surface area contributed by atoms with Crippen LogP contribution in [-0.2, 0) is 4.74 Å². The summed E-state index contributed by atoms with van der Waals surface area (Å²) in [6.07, 6.45) is 3.23. The molecule has 0 atom stereocenters. The first-order valence-electron chi connectivity index (χ1n) is 8.77. The fourth-order valence-corrected chi connectivity index (χ4v) is 4.25. The van der Waals surface area contributed by atoms with Gasteiger partial charge in [0.05, 0.1) is 9.82 Å². The van der Waals surface area contributed by atoms with Gasteiger partial charge in [0, 0.05) is 42.5 Å².